The maximum atomic E-state index is 12.9. The molecular formula is C25H20ClNO2. The number of carbonyl (C=O) groups is 1. The van der Waals surface area contributed by atoms with Gasteiger partial charge < -0.3 is 4.74 Å². The highest BCUT2D eigenvalue weighted by molar-refractivity contribution is 6.30. The summed E-state index contributed by atoms with van der Waals surface area (Å²) < 4.78 is 5.58. The largest absolute Gasteiger partial charge is 0.445 e. The summed E-state index contributed by atoms with van der Waals surface area (Å²) in [6, 6.07) is 24.9. The van der Waals surface area contributed by atoms with E-state index in [2.05, 4.69) is 17.9 Å². The Balaban J connectivity index is 1.59. The van der Waals surface area contributed by atoms with Gasteiger partial charge in [0.15, 0.2) is 0 Å². The van der Waals surface area contributed by atoms with Crippen LogP contribution in [0.5, 0.6) is 0 Å². The molecule has 0 radical (unpaired) electrons. The SMILES string of the molecule is O=C(OCc1ccccc1)N1CCc2ccccc2[C@@H]1C#Cc1cccc(Cl)c1. The van der Waals surface area contributed by atoms with Crippen LogP contribution in [0, 0.1) is 11.8 Å². The fourth-order valence-electron chi connectivity index (χ4n) is 3.44. The number of nitrogens with zero attached hydrogens (tertiary/aromatic N) is 1. The van der Waals surface area contributed by atoms with Gasteiger partial charge in [-0.15, -0.1) is 0 Å². The molecule has 1 aliphatic rings. The summed E-state index contributed by atoms with van der Waals surface area (Å²) >= 11 is 6.07. The molecule has 144 valence electrons. The highest BCUT2D eigenvalue weighted by Gasteiger charge is 2.30. The van der Waals surface area contributed by atoms with E-state index in [1.54, 1.807) is 4.90 Å². The van der Waals surface area contributed by atoms with E-state index in [-0.39, 0.29) is 18.7 Å². The normalized spacial score (nSPS) is 15.1. The quantitative estimate of drug-likeness (QED) is 0.521. The van der Waals surface area contributed by atoms with Gasteiger partial charge in [0.1, 0.15) is 12.6 Å². The van der Waals surface area contributed by atoms with Gasteiger partial charge in [-0.2, -0.15) is 0 Å². The van der Waals surface area contributed by atoms with Crippen LogP contribution in [0.2, 0.25) is 5.02 Å². The van der Waals surface area contributed by atoms with Crippen LogP contribution in [0.4, 0.5) is 4.79 Å². The van der Waals surface area contributed by atoms with E-state index in [0.717, 1.165) is 23.1 Å². The van der Waals surface area contributed by atoms with Gasteiger partial charge in [0, 0.05) is 17.1 Å². The van der Waals surface area contributed by atoms with Crippen molar-refractivity contribution in [2.24, 2.45) is 0 Å². The van der Waals surface area contributed by atoms with Crippen molar-refractivity contribution < 1.29 is 9.53 Å². The maximum absolute atomic E-state index is 12.9. The third-order valence-corrected chi connectivity index (χ3v) is 5.14. The van der Waals surface area contributed by atoms with Crippen molar-refractivity contribution in [1.82, 2.24) is 4.90 Å². The van der Waals surface area contributed by atoms with Crippen molar-refractivity contribution in [2.75, 3.05) is 6.54 Å². The Morgan fingerprint density at radius 1 is 1.03 bits per heavy atom. The molecule has 1 heterocycles. The van der Waals surface area contributed by atoms with Crippen molar-refractivity contribution in [1.29, 1.82) is 0 Å². The molecule has 0 saturated carbocycles. The molecule has 4 rings (SSSR count). The van der Waals surface area contributed by atoms with Crippen LogP contribution in [-0.4, -0.2) is 17.5 Å². The molecule has 0 aromatic heterocycles. The van der Waals surface area contributed by atoms with E-state index in [9.17, 15) is 4.79 Å². The first kappa shape index (κ1) is 19.1. The molecule has 1 aliphatic heterocycles. The van der Waals surface area contributed by atoms with Crippen molar-refractivity contribution in [2.45, 2.75) is 19.1 Å². The molecule has 29 heavy (non-hydrogen) atoms. The molecule has 0 unspecified atom stereocenters. The first-order valence-electron chi connectivity index (χ1n) is 9.53. The van der Waals surface area contributed by atoms with Crippen molar-refractivity contribution in [3.05, 3.63) is 106 Å². The van der Waals surface area contributed by atoms with Gasteiger partial charge in [0.25, 0.3) is 0 Å². The van der Waals surface area contributed by atoms with E-state index in [4.69, 9.17) is 16.3 Å². The zero-order chi connectivity index (χ0) is 20.1. The molecule has 1 atom stereocenters. The summed E-state index contributed by atoms with van der Waals surface area (Å²) in [5, 5.41) is 0.639. The van der Waals surface area contributed by atoms with E-state index < -0.39 is 0 Å². The maximum Gasteiger partial charge on any atom is 0.411 e. The Kier molecular flexibility index (Phi) is 5.84. The number of halogens is 1. The van der Waals surface area contributed by atoms with Crippen LogP contribution in [-0.2, 0) is 17.8 Å². The van der Waals surface area contributed by atoms with Crippen molar-refractivity contribution in [3.63, 3.8) is 0 Å². The number of carbonyl (C=O) groups excluding carboxylic acids is 1. The van der Waals surface area contributed by atoms with Gasteiger partial charge in [-0.1, -0.05) is 84.1 Å². The minimum atomic E-state index is -0.359. The molecule has 0 spiro atoms. The molecule has 0 bridgehead atoms. The molecule has 0 aliphatic carbocycles. The Morgan fingerprint density at radius 3 is 2.66 bits per heavy atom. The molecule has 3 aromatic rings. The second-order valence-corrected chi connectivity index (χ2v) is 7.30. The molecule has 0 fully saturated rings. The number of amides is 1. The Labute approximate surface area is 175 Å². The van der Waals surface area contributed by atoms with Gasteiger partial charge in [-0.05, 0) is 41.3 Å². The van der Waals surface area contributed by atoms with Gasteiger partial charge in [-0.25, -0.2) is 4.79 Å². The lowest BCUT2D eigenvalue weighted by atomic mass is 9.93. The summed E-state index contributed by atoms with van der Waals surface area (Å²) in [4.78, 5) is 14.6. The van der Waals surface area contributed by atoms with Crippen molar-refractivity contribution >= 4 is 17.7 Å². The topological polar surface area (TPSA) is 29.5 Å². The number of rotatable bonds is 2. The average Bonchev–Trinajstić information content (AvgIpc) is 2.76. The average molecular weight is 402 g/mol. The van der Waals surface area contributed by atoms with Crippen LogP contribution in [0.3, 0.4) is 0 Å². The molecule has 3 aromatic carbocycles. The van der Waals surface area contributed by atoms with Crippen LogP contribution in [0.25, 0.3) is 0 Å². The molecule has 0 N–H and O–H groups in total. The van der Waals surface area contributed by atoms with Crippen LogP contribution in [0.15, 0.2) is 78.9 Å². The summed E-state index contributed by atoms with van der Waals surface area (Å²) in [5.74, 6) is 6.44. The highest BCUT2D eigenvalue weighted by Crippen LogP contribution is 2.30. The molecular weight excluding hydrogens is 382 g/mol. The molecule has 3 nitrogen and oxygen atoms in total. The first-order chi connectivity index (χ1) is 14.2. The second-order valence-electron chi connectivity index (χ2n) is 6.86. The third kappa shape index (κ3) is 4.62. The van der Waals surface area contributed by atoms with Gasteiger partial charge in [-0.3, -0.25) is 4.90 Å². The Hall–Kier alpha value is -3.22. The number of hydrogen-bond donors (Lipinski definition) is 0. The minimum Gasteiger partial charge on any atom is -0.445 e. The van der Waals surface area contributed by atoms with E-state index in [0.29, 0.717) is 11.6 Å². The zero-order valence-electron chi connectivity index (χ0n) is 15.8. The molecule has 1 amide bonds. The highest BCUT2D eigenvalue weighted by atomic mass is 35.5. The summed E-state index contributed by atoms with van der Waals surface area (Å²) in [5.41, 5.74) is 4.04. The van der Waals surface area contributed by atoms with E-state index in [1.165, 1.54) is 5.56 Å². The fraction of sp³-hybridized carbons (Fsp3) is 0.160. The smallest absolute Gasteiger partial charge is 0.411 e. The first-order valence-corrected chi connectivity index (χ1v) is 9.91. The lowest BCUT2D eigenvalue weighted by Gasteiger charge is -2.33. The van der Waals surface area contributed by atoms with E-state index >= 15 is 0 Å². The number of fused-ring (bicyclic) bond motifs is 1. The van der Waals surface area contributed by atoms with Crippen LogP contribution < -0.4 is 0 Å². The van der Waals surface area contributed by atoms with Crippen LogP contribution in [0.1, 0.15) is 28.3 Å². The summed E-state index contributed by atoms with van der Waals surface area (Å²) in [7, 11) is 0. The Morgan fingerprint density at radius 2 is 1.83 bits per heavy atom. The predicted octanol–water partition coefficient (Wildman–Crippen LogP) is 5.63. The van der Waals surface area contributed by atoms with Gasteiger partial charge in [0.2, 0.25) is 0 Å². The second kappa shape index (κ2) is 8.86. The zero-order valence-corrected chi connectivity index (χ0v) is 16.6. The molecule has 4 heteroatoms. The van der Waals surface area contributed by atoms with Gasteiger partial charge in [0.05, 0.1) is 0 Å². The summed E-state index contributed by atoms with van der Waals surface area (Å²) in [6.07, 6.45) is 0.431. The standard InChI is InChI=1S/C25H20ClNO2/c26-22-11-6-9-19(17-22)13-14-24-23-12-5-4-10-21(23)15-16-27(24)25(28)29-18-20-7-2-1-3-8-20/h1-12,17,24H,15-16,18H2/t24-/m0/s1. The number of benzene rings is 3. The van der Waals surface area contributed by atoms with E-state index in [1.807, 2.05) is 72.8 Å². The van der Waals surface area contributed by atoms with Gasteiger partial charge >= 0.3 is 6.09 Å². The predicted molar refractivity (Wildman–Crippen MR) is 115 cm³/mol. The monoisotopic (exact) mass is 401 g/mol. The third-order valence-electron chi connectivity index (χ3n) is 4.90. The lowest BCUT2D eigenvalue weighted by molar-refractivity contribution is 0.0862. The lowest BCUT2D eigenvalue weighted by Crippen LogP contribution is -2.39. The van der Waals surface area contributed by atoms with Crippen molar-refractivity contribution in [3.8, 4) is 11.8 Å². The molecule has 0 saturated heterocycles. The number of hydrogen-bond acceptors (Lipinski definition) is 2. The summed E-state index contributed by atoms with van der Waals surface area (Å²) in [6.45, 7) is 0.811. The number of ether oxygens (including phenoxy) is 1. The minimum absolute atomic E-state index is 0.242. The Bertz CT molecular complexity index is 1070. The van der Waals surface area contributed by atoms with Crippen LogP contribution >= 0.6 is 11.6 Å². The fourth-order valence-corrected chi connectivity index (χ4v) is 3.63.